The van der Waals surface area contributed by atoms with Crippen LogP contribution in [0.4, 0.5) is 22.7 Å². The molecule has 2 aromatic heterocycles. The van der Waals surface area contributed by atoms with Gasteiger partial charge < -0.3 is 20.8 Å². The molecule has 0 amide bonds. The third-order valence-electron chi connectivity index (χ3n) is 6.00. The fraction of sp³-hybridized carbons (Fsp3) is 0.0690. The molecule has 9 heteroatoms. The molecule has 0 saturated heterocycles. The lowest BCUT2D eigenvalue weighted by Gasteiger charge is -2.25. The predicted molar refractivity (Wildman–Crippen MR) is 146 cm³/mol. The summed E-state index contributed by atoms with van der Waals surface area (Å²) in [5, 5.41) is 29.8. The van der Waals surface area contributed by atoms with Crippen LogP contribution in [0.2, 0.25) is 0 Å². The van der Waals surface area contributed by atoms with E-state index in [1.54, 1.807) is 48.8 Å². The number of fused-ring (bicyclic) bond motifs is 1. The molecule has 0 bridgehead atoms. The van der Waals surface area contributed by atoms with Crippen molar-refractivity contribution in [1.82, 2.24) is 9.97 Å². The number of benzene rings is 3. The zero-order chi connectivity index (χ0) is 26.5. The highest BCUT2D eigenvalue weighted by Crippen LogP contribution is 2.40. The van der Waals surface area contributed by atoms with Crippen LogP contribution in [0.25, 0.3) is 10.8 Å². The van der Waals surface area contributed by atoms with Gasteiger partial charge in [-0.2, -0.15) is 5.11 Å². The van der Waals surface area contributed by atoms with E-state index in [2.05, 4.69) is 25.1 Å². The summed E-state index contributed by atoms with van der Waals surface area (Å²) in [5.74, 6) is -1.69. The molecule has 2 heterocycles. The van der Waals surface area contributed by atoms with Crippen LogP contribution in [0.5, 0.6) is 5.75 Å². The van der Waals surface area contributed by atoms with Crippen molar-refractivity contribution in [2.45, 2.75) is 13.1 Å². The van der Waals surface area contributed by atoms with E-state index in [-0.39, 0.29) is 11.3 Å². The summed E-state index contributed by atoms with van der Waals surface area (Å²) >= 11 is 0. The number of nitrogen functional groups attached to an aromatic ring is 1. The van der Waals surface area contributed by atoms with Crippen molar-refractivity contribution in [3.8, 4) is 5.75 Å². The molecule has 188 valence electrons. The maximum Gasteiger partial charge on any atom is 0.339 e. The number of nitrogens with two attached hydrogens (primary N) is 1. The second kappa shape index (κ2) is 10.8. The number of carbonyl (C=O) groups is 1. The molecule has 0 saturated carbocycles. The zero-order valence-corrected chi connectivity index (χ0v) is 20.3. The van der Waals surface area contributed by atoms with Crippen molar-refractivity contribution < 1.29 is 15.0 Å². The van der Waals surface area contributed by atoms with E-state index in [0.717, 1.165) is 17.1 Å². The topological polar surface area (TPSA) is 137 Å². The van der Waals surface area contributed by atoms with Crippen LogP contribution < -0.4 is 10.6 Å². The second-order valence-electron chi connectivity index (χ2n) is 8.59. The van der Waals surface area contributed by atoms with Crippen molar-refractivity contribution in [3.63, 3.8) is 0 Å². The first-order valence-electron chi connectivity index (χ1n) is 11.8. The van der Waals surface area contributed by atoms with E-state index in [1.807, 2.05) is 42.5 Å². The van der Waals surface area contributed by atoms with Crippen LogP contribution in [-0.4, -0.2) is 26.2 Å². The fourth-order valence-corrected chi connectivity index (χ4v) is 4.18. The Balaban J connectivity index is 1.48. The van der Waals surface area contributed by atoms with E-state index in [4.69, 9.17) is 5.73 Å². The molecule has 0 aliphatic heterocycles. The average molecular weight is 505 g/mol. The number of carboxylic acids is 1. The van der Waals surface area contributed by atoms with E-state index in [1.165, 1.54) is 6.07 Å². The largest absolute Gasteiger partial charge is 0.505 e. The number of carboxylic acid groups (broad SMARTS) is 1. The highest BCUT2D eigenvalue weighted by molar-refractivity contribution is 6.04. The maximum absolute atomic E-state index is 11.6. The highest BCUT2D eigenvalue weighted by atomic mass is 16.4. The Morgan fingerprint density at radius 3 is 2.11 bits per heavy atom. The molecule has 3 aromatic carbocycles. The zero-order valence-electron chi connectivity index (χ0n) is 20.3. The van der Waals surface area contributed by atoms with Gasteiger partial charge in [-0.05, 0) is 53.9 Å². The third kappa shape index (κ3) is 5.26. The van der Waals surface area contributed by atoms with E-state index >= 15 is 0 Å². The van der Waals surface area contributed by atoms with Crippen LogP contribution in [0, 0.1) is 0 Å². The number of aromatic carboxylic acids is 1. The third-order valence-corrected chi connectivity index (χ3v) is 6.00. The normalized spacial score (nSPS) is 11.2. The van der Waals surface area contributed by atoms with Gasteiger partial charge in [0.25, 0.3) is 0 Å². The SMILES string of the molecule is Nc1cc(/N=N/c2c(O)c(C(=O)O)cc3ccccc23)ccc1N(Cc1ccccn1)Cc1ccccn1. The standard InChI is InChI=1S/C29H24N6O3/c30-25-16-20(33-34-27-23-10-2-1-7-19(23)15-24(28(27)36)29(37)38)11-12-26(25)35(17-21-8-3-5-13-31-21)18-22-9-4-6-14-32-22/h1-16,36H,17-18,30H2,(H,37,38)/b34-33+. The Labute approximate surface area is 218 Å². The number of hydrogen-bond acceptors (Lipinski definition) is 8. The molecule has 0 fully saturated rings. The molecule has 4 N–H and O–H groups in total. The van der Waals surface area contributed by atoms with Crippen LogP contribution in [0.15, 0.2) is 108 Å². The smallest absolute Gasteiger partial charge is 0.339 e. The number of aromatic nitrogens is 2. The number of anilines is 2. The Hall–Kier alpha value is -5.31. The lowest BCUT2D eigenvalue weighted by atomic mass is 10.0. The Bertz CT molecular complexity index is 1580. The van der Waals surface area contributed by atoms with Crippen LogP contribution in [-0.2, 0) is 13.1 Å². The lowest BCUT2D eigenvalue weighted by molar-refractivity contribution is 0.0694. The molecule has 0 atom stereocenters. The first kappa shape index (κ1) is 24.4. The molecule has 0 spiro atoms. The minimum Gasteiger partial charge on any atom is -0.505 e. The molecular weight excluding hydrogens is 480 g/mol. The quantitative estimate of drug-likeness (QED) is 0.168. The monoisotopic (exact) mass is 504 g/mol. The van der Waals surface area contributed by atoms with Gasteiger partial charge in [0.2, 0.25) is 0 Å². The second-order valence-corrected chi connectivity index (χ2v) is 8.59. The summed E-state index contributed by atoms with van der Waals surface area (Å²) in [7, 11) is 0. The summed E-state index contributed by atoms with van der Waals surface area (Å²) in [6.45, 7) is 1.04. The molecule has 0 radical (unpaired) electrons. The molecule has 0 unspecified atom stereocenters. The van der Waals surface area contributed by atoms with Crippen molar-refractivity contribution in [2.75, 3.05) is 10.6 Å². The minimum absolute atomic E-state index is 0.0788. The Kier molecular flexibility index (Phi) is 6.90. The first-order chi connectivity index (χ1) is 18.5. The number of pyridine rings is 2. The van der Waals surface area contributed by atoms with Gasteiger partial charge in [0, 0.05) is 17.8 Å². The summed E-state index contributed by atoms with van der Waals surface area (Å²) in [5.41, 5.74) is 9.77. The minimum atomic E-state index is -1.25. The molecule has 0 aliphatic rings. The van der Waals surface area contributed by atoms with Crippen molar-refractivity contribution in [1.29, 1.82) is 0 Å². The number of hydrogen-bond donors (Lipinski definition) is 3. The van der Waals surface area contributed by atoms with E-state index in [0.29, 0.717) is 35.2 Å². The summed E-state index contributed by atoms with van der Waals surface area (Å²) in [4.78, 5) is 22.6. The summed E-state index contributed by atoms with van der Waals surface area (Å²) < 4.78 is 0. The fourth-order valence-electron chi connectivity index (χ4n) is 4.18. The van der Waals surface area contributed by atoms with Gasteiger partial charge in [-0.15, -0.1) is 5.11 Å². The van der Waals surface area contributed by atoms with Crippen molar-refractivity contribution >= 4 is 39.5 Å². The van der Waals surface area contributed by atoms with Crippen LogP contribution in [0.3, 0.4) is 0 Å². The van der Waals surface area contributed by atoms with Gasteiger partial charge in [0.15, 0.2) is 5.75 Å². The number of azo groups is 1. The van der Waals surface area contributed by atoms with Gasteiger partial charge >= 0.3 is 5.97 Å². The summed E-state index contributed by atoms with van der Waals surface area (Å²) in [6, 6.07) is 25.3. The van der Waals surface area contributed by atoms with E-state index in [9.17, 15) is 15.0 Å². The number of nitrogens with zero attached hydrogens (tertiary/aromatic N) is 5. The van der Waals surface area contributed by atoms with Crippen molar-refractivity contribution in [3.05, 3.63) is 114 Å². The van der Waals surface area contributed by atoms with Crippen LogP contribution >= 0.6 is 0 Å². The molecule has 5 aromatic rings. The lowest BCUT2D eigenvalue weighted by Crippen LogP contribution is -2.24. The molecular formula is C29H24N6O3. The average Bonchev–Trinajstić information content (AvgIpc) is 2.93. The van der Waals surface area contributed by atoms with Crippen LogP contribution in [0.1, 0.15) is 21.7 Å². The number of phenols is 1. The van der Waals surface area contributed by atoms with Gasteiger partial charge in [-0.3, -0.25) is 9.97 Å². The number of aromatic hydroxyl groups is 1. The molecule has 38 heavy (non-hydrogen) atoms. The predicted octanol–water partition coefficient (Wildman–Crippen LogP) is 6.24. The number of rotatable bonds is 8. The maximum atomic E-state index is 11.6. The molecule has 9 nitrogen and oxygen atoms in total. The Morgan fingerprint density at radius 1 is 0.842 bits per heavy atom. The summed E-state index contributed by atoms with van der Waals surface area (Å²) in [6.07, 6.45) is 3.50. The van der Waals surface area contributed by atoms with Gasteiger partial charge in [-0.25, -0.2) is 4.79 Å². The molecule has 0 aliphatic carbocycles. The molecule has 5 rings (SSSR count). The van der Waals surface area contributed by atoms with Gasteiger partial charge in [0.05, 0.1) is 41.5 Å². The first-order valence-corrected chi connectivity index (χ1v) is 11.8. The van der Waals surface area contributed by atoms with E-state index < -0.39 is 11.7 Å². The Morgan fingerprint density at radius 2 is 1.50 bits per heavy atom. The van der Waals surface area contributed by atoms with Gasteiger partial charge in [0.1, 0.15) is 11.3 Å². The van der Waals surface area contributed by atoms with Gasteiger partial charge in [-0.1, -0.05) is 36.4 Å². The van der Waals surface area contributed by atoms with Crippen molar-refractivity contribution in [2.24, 2.45) is 10.2 Å². The highest BCUT2D eigenvalue weighted by Gasteiger charge is 2.18.